The molecule has 7 heteroatoms. The number of allylic oxidation sites excluding steroid dienone is 2. The number of rotatable bonds is 2. The molecule has 194 valence electrons. The first-order valence-electron chi connectivity index (χ1n) is 13.1. The molecule has 2 heterocycles. The van der Waals surface area contributed by atoms with Gasteiger partial charge in [0.05, 0.1) is 24.0 Å². The van der Waals surface area contributed by atoms with Gasteiger partial charge in [0, 0.05) is 34.5 Å². The van der Waals surface area contributed by atoms with Gasteiger partial charge in [-0.3, -0.25) is 14.4 Å². The Morgan fingerprint density at radius 2 is 1.35 bits per heavy atom. The Bertz CT molecular complexity index is 1310. The monoisotopic (exact) mass is 504 g/mol. The van der Waals surface area contributed by atoms with Crippen molar-refractivity contribution in [1.82, 2.24) is 0 Å². The van der Waals surface area contributed by atoms with Crippen molar-refractivity contribution in [3.8, 4) is 0 Å². The Morgan fingerprint density at radius 1 is 0.811 bits per heavy atom. The normalized spacial score (nSPS) is 41.0. The molecular weight excluding hydrogens is 472 g/mol. The van der Waals surface area contributed by atoms with E-state index >= 15 is 0 Å². The van der Waals surface area contributed by atoms with Gasteiger partial charge in [0.15, 0.2) is 11.6 Å². The van der Waals surface area contributed by atoms with E-state index in [0.29, 0.717) is 29.6 Å². The fourth-order valence-corrected chi connectivity index (χ4v) is 7.80. The zero-order valence-electron chi connectivity index (χ0n) is 21.8. The summed E-state index contributed by atoms with van der Waals surface area (Å²) in [5, 5.41) is 0. The first-order chi connectivity index (χ1) is 17.5. The highest BCUT2D eigenvalue weighted by Crippen LogP contribution is 2.52. The van der Waals surface area contributed by atoms with E-state index in [1.165, 1.54) is 0 Å². The lowest BCUT2D eigenvalue weighted by Gasteiger charge is -2.35. The molecule has 6 rings (SSSR count). The van der Waals surface area contributed by atoms with Crippen LogP contribution < -0.4 is 0 Å². The standard InChI is InChI=1S/C30H32O7/c1-11-7-17(31)21-13(3)9-19(25-15(5)29(33)36-27(25)23(11)21)35-20-10-14(4)22-18(32)8-12(2)24(22)28-26(20)16(6)30(34)37-28/h7-8,16,19-20,23-28H,5,9-10H2,1-4,6H3/t16-,19-,20-,23-,24-,25+,26+,27+,28+/m0/s1. The summed E-state index contributed by atoms with van der Waals surface area (Å²) in [7, 11) is 0. The number of carbonyl (C=O) groups is 4. The molecule has 37 heavy (non-hydrogen) atoms. The smallest absolute Gasteiger partial charge is 0.334 e. The predicted octanol–water partition coefficient (Wildman–Crippen LogP) is 3.75. The summed E-state index contributed by atoms with van der Waals surface area (Å²) >= 11 is 0. The lowest BCUT2D eigenvalue weighted by molar-refractivity contribution is -0.145. The van der Waals surface area contributed by atoms with E-state index in [9.17, 15) is 19.2 Å². The molecule has 6 aliphatic rings. The maximum absolute atomic E-state index is 12.9. The van der Waals surface area contributed by atoms with Gasteiger partial charge < -0.3 is 14.2 Å². The molecule has 0 aromatic rings. The van der Waals surface area contributed by atoms with E-state index in [4.69, 9.17) is 14.2 Å². The van der Waals surface area contributed by atoms with Crippen LogP contribution in [0.1, 0.15) is 47.5 Å². The zero-order valence-corrected chi connectivity index (χ0v) is 21.8. The average molecular weight is 505 g/mol. The van der Waals surface area contributed by atoms with Gasteiger partial charge in [0.25, 0.3) is 0 Å². The van der Waals surface area contributed by atoms with Crippen LogP contribution in [0.4, 0.5) is 0 Å². The summed E-state index contributed by atoms with van der Waals surface area (Å²) in [5.41, 5.74) is 5.40. The highest BCUT2D eigenvalue weighted by atomic mass is 16.6. The third kappa shape index (κ3) is 3.36. The van der Waals surface area contributed by atoms with Gasteiger partial charge in [0.2, 0.25) is 0 Å². The van der Waals surface area contributed by atoms with Gasteiger partial charge in [0.1, 0.15) is 12.2 Å². The number of hydrogen-bond donors (Lipinski definition) is 0. The van der Waals surface area contributed by atoms with E-state index in [1.54, 1.807) is 12.2 Å². The van der Waals surface area contributed by atoms with Crippen LogP contribution in [0, 0.1) is 29.6 Å². The minimum absolute atomic E-state index is 0.0260. The van der Waals surface area contributed by atoms with Gasteiger partial charge in [-0.1, -0.05) is 35.8 Å². The van der Waals surface area contributed by atoms with Crippen molar-refractivity contribution in [3.63, 3.8) is 0 Å². The highest BCUT2D eigenvalue weighted by Gasteiger charge is 2.57. The molecule has 2 saturated heterocycles. The quantitative estimate of drug-likeness (QED) is 0.417. The number of carbonyl (C=O) groups excluding carboxylic acids is 4. The average Bonchev–Trinajstić information content (AvgIpc) is 3.43. The molecule has 2 fully saturated rings. The first kappa shape index (κ1) is 24.3. The molecule has 0 radical (unpaired) electrons. The van der Waals surface area contributed by atoms with Gasteiger partial charge >= 0.3 is 11.9 Å². The van der Waals surface area contributed by atoms with E-state index in [2.05, 4.69) is 6.58 Å². The molecule has 0 unspecified atom stereocenters. The van der Waals surface area contributed by atoms with Crippen molar-refractivity contribution >= 4 is 23.5 Å². The number of ether oxygens (including phenoxy) is 3. The Hall–Kier alpha value is -3.06. The van der Waals surface area contributed by atoms with Gasteiger partial charge in [-0.15, -0.1) is 0 Å². The zero-order chi connectivity index (χ0) is 26.5. The molecule has 0 amide bonds. The fourth-order valence-electron chi connectivity index (χ4n) is 7.80. The summed E-state index contributed by atoms with van der Waals surface area (Å²) < 4.78 is 18.7. The largest absolute Gasteiger partial charge is 0.461 e. The van der Waals surface area contributed by atoms with Gasteiger partial charge in [-0.25, -0.2) is 4.79 Å². The lowest BCUT2D eigenvalue weighted by Crippen LogP contribution is -2.42. The topological polar surface area (TPSA) is 96.0 Å². The number of fused-ring (bicyclic) bond motifs is 6. The Morgan fingerprint density at radius 3 is 1.95 bits per heavy atom. The second kappa shape index (κ2) is 8.22. The van der Waals surface area contributed by atoms with Gasteiger partial charge in [-0.05, 0) is 52.7 Å². The number of esters is 2. The molecule has 4 aliphatic carbocycles. The third-order valence-corrected chi connectivity index (χ3v) is 9.46. The first-order valence-corrected chi connectivity index (χ1v) is 13.1. The van der Waals surface area contributed by atoms with Crippen LogP contribution >= 0.6 is 0 Å². The maximum Gasteiger partial charge on any atom is 0.334 e. The second-order valence-electron chi connectivity index (χ2n) is 11.7. The van der Waals surface area contributed by atoms with Crippen molar-refractivity contribution in [2.75, 3.05) is 0 Å². The summed E-state index contributed by atoms with van der Waals surface area (Å²) in [6, 6.07) is 0. The molecule has 9 atom stereocenters. The molecule has 0 aromatic heterocycles. The molecular formula is C30H32O7. The van der Waals surface area contributed by atoms with Gasteiger partial charge in [-0.2, -0.15) is 0 Å². The minimum Gasteiger partial charge on any atom is -0.461 e. The van der Waals surface area contributed by atoms with Crippen molar-refractivity contribution in [1.29, 1.82) is 0 Å². The van der Waals surface area contributed by atoms with Crippen molar-refractivity contribution in [2.24, 2.45) is 29.6 Å². The van der Waals surface area contributed by atoms with Crippen LogP contribution in [0.3, 0.4) is 0 Å². The van der Waals surface area contributed by atoms with Crippen LogP contribution in [-0.4, -0.2) is 47.9 Å². The summed E-state index contributed by atoms with van der Waals surface area (Å²) in [6.07, 6.45) is 2.28. The SMILES string of the molecule is C=C1C(=O)O[C@@H]2[C@H]3C(C)=CC(=O)C3=C(C)C[C@H](O[C@H]3CC(C)=C4C(=O)C=C(C)[C@@H]4[C@H]4OC(=O)[C@@H](C)[C@@H]43)[C@@H]12. The summed E-state index contributed by atoms with van der Waals surface area (Å²) in [5.74, 6) is -2.46. The van der Waals surface area contributed by atoms with E-state index in [1.807, 2.05) is 34.6 Å². The maximum atomic E-state index is 12.9. The molecule has 7 nitrogen and oxygen atoms in total. The predicted molar refractivity (Wildman–Crippen MR) is 133 cm³/mol. The second-order valence-corrected chi connectivity index (χ2v) is 11.7. The molecule has 0 N–H and O–H groups in total. The fraction of sp³-hybridized carbons (Fsp3) is 0.533. The van der Waals surface area contributed by atoms with Crippen LogP contribution in [0.15, 0.2) is 57.7 Å². The molecule has 0 aromatic carbocycles. The Balaban J connectivity index is 1.41. The van der Waals surface area contributed by atoms with Crippen LogP contribution in [-0.2, 0) is 33.4 Å². The Kier molecular flexibility index (Phi) is 5.40. The minimum atomic E-state index is -0.564. The molecule has 0 saturated carbocycles. The van der Waals surface area contributed by atoms with E-state index in [-0.39, 0.29) is 35.3 Å². The number of ketones is 2. The van der Waals surface area contributed by atoms with Crippen molar-refractivity contribution in [3.05, 3.63) is 57.7 Å². The number of hydrogen-bond acceptors (Lipinski definition) is 7. The van der Waals surface area contributed by atoms with Crippen molar-refractivity contribution in [2.45, 2.75) is 71.9 Å². The van der Waals surface area contributed by atoms with Crippen LogP contribution in [0.2, 0.25) is 0 Å². The van der Waals surface area contributed by atoms with Crippen LogP contribution in [0.5, 0.6) is 0 Å². The molecule has 0 spiro atoms. The summed E-state index contributed by atoms with van der Waals surface area (Å²) in [4.78, 5) is 51.3. The van der Waals surface area contributed by atoms with Crippen LogP contribution in [0.25, 0.3) is 0 Å². The third-order valence-electron chi connectivity index (χ3n) is 9.46. The molecule has 0 bridgehead atoms. The highest BCUT2D eigenvalue weighted by molar-refractivity contribution is 6.09. The Labute approximate surface area is 216 Å². The lowest BCUT2D eigenvalue weighted by atomic mass is 9.79. The van der Waals surface area contributed by atoms with E-state index in [0.717, 1.165) is 22.3 Å². The summed E-state index contributed by atoms with van der Waals surface area (Å²) in [6.45, 7) is 13.6. The molecule has 2 aliphatic heterocycles. The van der Waals surface area contributed by atoms with E-state index < -0.39 is 42.2 Å². The van der Waals surface area contributed by atoms with Crippen molar-refractivity contribution < 1.29 is 33.4 Å².